The molecule has 3 rings (SSSR count). The van der Waals surface area contributed by atoms with Crippen LogP contribution in [0.15, 0.2) is 28.7 Å². The predicted octanol–water partition coefficient (Wildman–Crippen LogP) is 4.35. The van der Waals surface area contributed by atoms with E-state index in [1.54, 1.807) is 0 Å². The summed E-state index contributed by atoms with van der Waals surface area (Å²) in [4.78, 5) is 26.6. The Kier molecular flexibility index (Phi) is 5.33. The molecular weight excluding hydrogens is 396 g/mol. The Balaban J connectivity index is 1.57. The van der Waals surface area contributed by atoms with Gasteiger partial charge in [0.05, 0.1) is 6.54 Å². The van der Waals surface area contributed by atoms with Gasteiger partial charge < -0.3 is 10.1 Å². The van der Waals surface area contributed by atoms with Crippen LogP contribution in [-0.2, 0) is 4.79 Å². The normalized spacial score (nSPS) is 26.3. The van der Waals surface area contributed by atoms with Gasteiger partial charge in [0.15, 0.2) is 0 Å². The number of hydrogen-bond donors (Lipinski definition) is 1. The molecule has 5 nitrogen and oxygen atoms in total. The van der Waals surface area contributed by atoms with Gasteiger partial charge in [-0.05, 0) is 55.2 Å². The van der Waals surface area contributed by atoms with Crippen molar-refractivity contribution in [3.63, 3.8) is 0 Å². The number of imide groups is 1. The highest BCUT2D eigenvalue weighted by Gasteiger charge is 2.53. The Bertz CT molecular complexity index is 691. The maximum Gasteiger partial charge on any atom is 0.325 e. The SMILES string of the molecule is CC(C)(C)C1CCC2(CC1)NC(=O)N(CCOc1cccc(Br)c1)C2=O. The number of nitrogens with one attached hydrogen (secondary N) is 1. The lowest BCUT2D eigenvalue weighted by Gasteiger charge is -2.40. The molecule has 26 heavy (non-hydrogen) atoms. The third kappa shape index (κ3) is 3.90. The summed E-state index contributed by atoms with van der Waals surface area (Å²) in [5, 5.41) is 2.97. The highest BCUT2D eigenvalue weighted by atomic mass is 79.9. The molecular formula is C20H27BrN2O3. The molecule has 1 heterocycles. The number of amides is 3. The largest absolute Gasteiger partial charge is 0.492 e. The maximum absolute atomic E-state index is 12.9. The molecule has 1 aromatic carbocycles. The molecule has 0 aromatic heterocycles. The fourth-order valence-electron chi connectivity index (χ4n) is 4.01. The number of urea groups is 1. The van der Waals surface area contributed by atoms with E-state index in [0.29, 0.717) is 11.7 Å². The van der Waals surface area contributed by atoms with Gasteiger partial charge in [0.25, 0.3) is 5.91 Å². The number of benzene rings is 1. The number of carbonyl (C=O) groups is 2. The van der Waals surface area contributed by atoms with Gasteiger partial charge >= 0.3 is 6.03 Å². The molecule has 1 spiro atoms. The molecule has 1 N–H and O–H groups in total. The first kappa shape index (κ1) is 19.2. The van der Waals surface area contributed by atoms with Crippen molar-refractivity contribution in [1.29, 1.82) is 0 Å². The quantitative estimate of drug-likeness (QED) is 0.733. The minimum Gasteiger partial charge on any atom is -0.492 e. The van der Waals surface area contributed by atoms with E-state index in [9.17, 15) is 9.59 Å². The Morgan fingerprint density at radius 1 is 1.27 bits per heavy atom. The second-order valence-corrected chi connectivity index (χ2v) is 9.33. The van der Waals surface area contributed by atoms with Crippen LogP contribution in [0.5, 0.6) is 5.75 Å². The van der Waals surface area contributed by atoms with Crippen molar-refractivity contribution in [3.05, 3.63) is 28.7 Å². The molecule has 0 bridgehead atoms. The summed E-state index contributed by atoms with van der Waals surface area (Å²) in [6.07, 6.45) is 3.39. The van der Waals surface area contributed by atoms with Gasteiger partial charge in [0.1, 0.15) is 17.9 Å². The zero-order valence-electron chi connectivity index (χ0n) is 15.7. The lowest BCUT2D eigenvalue weighted by atomic mass is 9.67. The van der Waals surface area contributed by atoms with Crippen LogP contribution >= 0.6 is 15.9 Å². The van der Waals surface area contributed by atoms with Gasteiger partial charge in [0, 0.05) is 4.47 Å². The molecule has 0 radical (unpaired) electrons. The predicted molar refractivity (Wildman–Crippen MR) is 104 cm³/mol. The summed E-state index contributed by atoms with van der Waals surface area (Å²) in [7, 11) is 0. The molecule has 1 saturated carbocycles. The molecule has 6 heteroatoms. The van der Waals surface area contributed by atoms with E-state index in [2.05, 4.69) is 42.0 Å². The van der Waals surface area contributed by atoms with E-state index in [1.165, 1.54) is 4.90 Å². The smallest absolute Gasteiger partial charge is 0.325 e. The zero-order valence-corrected chi connectivity index (χ0v) is 17.3. The van der Waals surface area contributed by atoms with E-state index >= 15 is 0 Å². The Labute approximate surface area is 163 Å². The average Bonchev–Trinajstić information content (AvgIpc) is 2.78. The summed E-state index contributed by atoms with van der Waals surface area (Å²) in [6, 6.07) is 7.23. The van der Waals surface area contributed by atoms with E-state index in [-0.39, 0.29) is 30.5 Å². The topological polar surface area (TPSA) is 58.6 Å². The van der Waals surface area contributed by atoms with E-state index in [4.69, 9.17) is 4.74 Å². The second-order valence-electron chi connectivity index (χ2n) is 8.42. The van der Waals surface area contributed by atoms with Crippen LogP contribution in [0.3, 0.4) is 0 Å². The summed E-state index contributed by atoms with van der Waals surface area (Å²) in [5.41, 5.74) is -0.459. The Morgan fingerprint density at radius 3 is 2.58 bits per heavy atom. The van der Waals surface area contributed by atoms with Gasteiger partial charge in [0.2, 0.25) is 0 Å². The number of nitrogens with zero attached hydrogens (tertiary/aromatic N) is 1. The van der Waals surface area contributed by atoms with Crippen molar-refractivity contribution in [1.82, 2.24) is 10.2 Å². The Morgan fingerprint density at radius 2 is 1.96 bits per heavy atom. The van der Waals surface area contributed by atoms with Crippen molar-refractivity contribution in [2.75, 3.05) is 13.2 Å². The van der Waals surface area contributed by atoms with Gasteiger partial charge in [-0.3, -0.25) is 9.69 Å². The molecule has 2 fully saturated rings. The zero-order chi connectivity index (χ0) is 18.9. The van der Waals surface area contributed by atoms with E-state index < -0.39 is 5.54 Å². The number of halogens is 1. The van der Waals surface area contributed by atoms with Crippen LogP contribution in [0.2, 0.25) is 0 Å². The highest BCUT2D eigenvalue weighted by Crippen LogP contribution is 2.43. The average molecular weight is 423 g/mol. The fraction of sp³-hybridized carbons (Fsp3) is 0.600. The fourth-order valence-corrected chi connectivity index (χ4v) is 4.38. The van der Waals surface area contributed by atoms with Crippen LogP contribution in [-0.4, -0.2) is 35.5 Å². The monoisotopic (exact) mass is 422 g/mol. The van der Waals surface area contributed by atoms with Gasteiger partial charge in [-0.1, -0.05) is 42.8 Å². The minimum atomic E-state index is -0.700. The van der Waals surface area contributed by atoms with Crippen molar-refractivity contribution in [2.24, 2.45) is 11.3 Å². The molecule has 0 atom stereocenters. The summed E-state index contributed by atoms with van der Waals surface area (Å²) >= 11 is 3.40. The molecule has 1 aliphatic heterocycles. The van der Waals surface area contributed by atoms with Crippen LogP contribution < -0.4 is 10.1 Å². The molecule has 1 aliphatic carbocycles. The molecule has 142 valence electrons. The summed E-state index contributed by atoms with van der Waals surface area (Å²) in [5.74, 6) is 1.21. The van der Waals surface area contributed by atoms with Gasteiger partial charge in [-0.15, -0.1) is 0 Å². The number of hydrogen-bond acceptors (Lipinski definition) is 3. The van der Waals surface area contributed by atoms with Crippen molar-refractivity contribution >= 4 is 27.9 Å². The van der Waals surface area contributed by atoms with E-state index in [0.717, 1.165) is 30.2 Å². The first-order valence-electron chi connectivity index (χ1n) is 9.24. The lowest BCUT2D eigenvalue weighted by Crippen LogP contribution is -2.50. The summed E-state index contributed by atoms with van der Waals surface area (Å²) < 4.78 is 6.61. The molecule has 3 amide bonds. The number of ether oxygens (including phenoxy) is 1. The lowest BCUT2D eigenvalue weighted by molar-refractivity contribution is -0.133. The van der Waals surface area contributed by atoms with Crippen molar-refractivity contribution in [3.8, 4) is 5.75 Å². The van der Waals surface area contributed by atoms with Crippen molar-refractivity contribution < 1.29 is 14.3 Å². The second kappa shape index (κ2) is 7.22. The maximum atomic E-state index is 12.9. The van der Waals surface area contributed by atoms with Gasteiger partial charge in [-0.25, -0.2) is 4.79 Å². The molecule has 1 aromatic rings. The van der Waals surface area contributed by atoms with Crippen LogP contribution in [0.4, 0.5) is 4.79 Å². The molecule has 2 aliphatic rings. The molecule has 0 unspecified atom stereocenters. The third-order valence-electron chi connectivity index (χ3n) is 5.69. The van der Waals surface area contributed by atoms with E-state index in [1.807, 2.05) is 24.3 Å². The summed E-state index contributed by atoms with van der Waals surface area (Å²) in [6.45, 7) is 7.29. The van der Waals surface area contributed by atoms with Gasteiger partial charge in [-0.2, -0.15) is 0 Å². The van der Waals surface area contributed by atoms with Crippen LogP contribution in [0.25, 0.3) is 0 Å². The molecule has 1 saturated heterocycles. The first-order chi connectivity index (χ1) is 12.2. The Hall–Kier alpha value is -1.56. The number of carbonyl (C=O) groups excluding carboxylic acids is 2. The number of rotatable bonds is 4. The third-order valence-corrected chi connectivity index (χ3v) is 6.18. The first-order valence-corrected chi connectivity index (χ1v) is 10.0. The standard InChI is InChI=1S/C20H27BrN2O3/c1-19(2,3)14-7-9-20(10-8-14)17(24)23(18(25)22-20)11-12-26-16-6-4-5-15(21)13-16/h4-6,13-14H,7-12H2,1-3H3,(H,22,25). The van der Waals surface area contributed by atoms with Crippen LogP contribution in [0.1, 0.15) is 46.5 Å². The van der Waals surface area contributed by atoms with Crippen LogP contribution in [0, 0.1) is 11.3 Å². The van der Waals surface area contributed by atoms with Crippen molar-refractivity contribution in [2.45, 2.75) is 52.0 Å². The highest BCUT2D eigenvalue weighted by molar-refractivity contribution is 9.10. The minimum absolute atomic E-state index is 0.0901.